The van der Waals surface area contributed by atoms with Gasteiger partial charge >= 0.3 is 0 Å². The van der Waals surface area contributed by atoms with Crippen LogP contribution in [0, 0.1) is 11.6 Å². The summed E-state index contributed by atoms with van der Waals surface area (Å²) in [6.07, 6.45) is 0.234. The largest absolute Gasteiger partial charge is 0.497 e. The molecule has 4 aromatic rings. The zero-order valence-corrected chi connectivity index (χ0v) is 20.3. The number of hydrogen-bond acceptors (Lipinski definition) is 4. The van der Waals surface area contributed by atoms with Gasteiger partial charge in [-0.05, 0) is 46.3 Å². The summed E-state index contributed by atoms with van der Waals surface area (Å²) in [6, 6.07) is 19.9. The van der Waals surface area contributed by atoms with Crippen LogP contribution >= 0.6 is 11.3 Å². The summed E-state index contributed by atoms with van der Waals surface area (Å²) >= 11 is 1.27. The lowest BCUT2D eigenvalue weighted by atomic mass is 9.99. The molecule has 0 bridgehead atoms. The fourth-order valence-corrected chi connectivity index (χ4v) is 4.56. The van der Waals surface area contributed by atoms with E-state index in [-0.39, 0.29) is 30.3 Å². The summed E-state index contributed by atoms with van der Waals surface area (Å²) in [6.45, 7) is 0.230. The molecular formula is C28H24F2N2O3S. The molecule has 0 unspecified atom stereocenters. The van der Waals surface area contributed by atoms with E-state index >= 15 is 0 Å². The molecule has 1 aromatic heterocycles. The number of halogens is 2. The van der Waals surface area contributed by atoms with Crippen LogP contribution in [0.25, 0.3) is 11.1 Å². The molecule has 0 saturated heterocycles. The Kier molecular flexibility index (Phi) is 8.07. The number of carbonyl (C=O) groups is 2. The first-order valence-electron chi connectivity index (χ1n) is 11.2. The first-order chi connectivity index (χ1) is 17.4. The van der Waals surface area contributed by atoms with Gasteiger partial charge in [0.1, 0.15) is 17.4 Å². The second-order valence-electron chi connectivity index (χ2n) is 8.04. The Morgan fingerprint density at radius 2 is 1.61 bits per heavy atom. The van der Waals surface area contributed by atoms with Crippen molar-refractivity contribution in [3.63, 3.8) is 0 Å². The summed E-state index contributed by atoms with van der Waals surface area (Å²) in [5, 5.41) is 7.46. The molecule has 3 aromatic carbocycles. The molecule has 1 heterocycles. The zero-order chi connectivity index (χ0) is 25.5. The van der Waals surface area contributed by atoms with Crippen LogP contribution in [0.5, 0.6) is 5.75 Å². The topological polar surface area (TPSA) is 67.4 Å². The quantitative estimate of drug-likeness (QED) is 0.316. The minimum atomic E-state index is -0.711. The van der Waals surface area contributed by atoms with E-state index in [1.807, 2.05) is 60.0 Å². The number of hydrogen-bond donors (Lipinski definition) is 2. The second kappa shape index (κ2) is 11.6. The van der Waals surface area contributed by atoms with E-state index in [1.54, 1.807) is 7.11 Å². The zero-order valence-electron chi connectivity index (χ0n) is 19.5. The van der Waals surface area contributed by atoms with Crippen molar-refractivity contribution in [1.82, 2.24) is 10.6 Å². The smallest absolute Gasteiger partial charge is 0.262 e. The molecule has 8 heteroatoms. The van der Waals surface area contributed by atoms with Crippen LogP contribution < -0.4 is 15.4 Å². The predicted octanol–water partition coefficient (Wildman–Crippen LogP) is 5.49. The Morgan fingerprint density at radius 3 is 2.36 bits per heavy atom. The van der Waals surface area contributed by atoms with Crippen LogP contribution in [0.1, 0.15) is 26.4 Å². The lowest BCUT2D eigenvalue weighted by molar-refractivity contribution is -0.120. The average Bonchev–Trinajstić information content (AvgIpc) is 3.37. The number of benzene rings is 3. The number of amides is 2. The van der Waals surface area contributed by atoms with E-state index in [0.717, 1.165) is 40.1 Å². The molecule has 0 fully saturated rings. The molecule has 5 nitrogen and oxygen atoms in total. The Morgan fingerprint density at radius 1 is 0.861 bits per heavy atom. The van der Waals surface area contributed by atoms with Crippen molar-refractivity contribution in [2.75, 3.05) is 7.11 Å². The van der Waals surface area contributed by atoms with E-state index in [1.165, 1.54) is 17.4 Å². The Balaban J connectivity index is 1.43. The third-order valence-electron chi connectivity index (χ3n) is 5.63. The number of rotatable bonds is 9. The Labute approximate surface area is 211 Å². The monoisotopic (exact) mass is 506 g/mol. The maximum absolute atomic E-state index is 13.9. The highest BCUT2D eigenvalue weighted by Gasteiger charge is 2.17. The number of methoxy groups -OCH3 is 1. The third-order valence-corrected chi connectivity index (χ3v) is 6.55. The van der Waals surface area contributed by atoms with Crippen molar-refractivity contribution in [1.29, 1.82) is 0 Å². The maximum Gasteiger partial charge on any atom is 0.262 e. The van der Waals surface area contributed by atoms with Crippen LogP contribution in [0.3, 0.4) is 0 Å². The molecule has 4 rings (SSSR count). The van der Waals surface area contributed by atoms with Gasteiger partial charge in [-0.3, -0.25) is 9.59 Å². The predicted molar refractivity (Wildman–Crippen MR) is 136 cm³/mol. The lowest BCUT2D eigenvalue weighted by Gasteiger charge is -2.12. The van der Waals surface area contributed by atoms with E-state index in [2.05, 4.69) is 10.6 Å². The van der Waals surface area contributed by atoms with Crippen LogP contribution in [0.15, 0.2) is 78.2 Å². The lowest BCUT2D eigenvalue weighted by Crippen LogP contribution is -2.25. The number of thiophene rings is 1. The van der Waals surface area contributed by atoms with Crippen molar-refractivity contribution in [2.24, 2.45) is 0 Å². The van der Waals surface area contributed by atoms with E-state index < -0.39 is 11.6 Å². The molecule has 2 amide bonds. The Bertz CT molecular complexity index is 1370. The summed E-state index contributed by atoms with van der Waals surface area (Å²) < 4.78 is 32.2. The van der Waals surface area contributed by atoms with E-state index in [0.29, 0.717) is 11.4 Å². The highest BCUT2D eigenvalue weighted by molar-refractivity contribution is 7.12. The minimum Gasteiger partial charge on any atom is -0.497 e. The Hall–Kier alpha value is -4.04. The van der Waals surface area contributed by atoms with Crippen molar-refractivity contribution < 1.29 is 23.1 Å². The van der Waals surface area contributed by atoms with Gasteiger partial charge in [0.25, 0.3) is 5.91 Å². The number of nitrogens with one attached hydrogen (secondary N) is 2. The van der Waals surface area contributed by atoms with Crippen LogP contribution in [-0.2, 0) is 24.3 Å². The molecule has 0 aliphatic heterocycles. The highest BCUT2D eigenvalue weighted by Crippen LogP contribution is 2.31. The second-order valence-corrected chi connectivity index (χ2v) is 8.96. The van der Waals surface area contributed by atoms with Crippen molar-refractivity contribution in [3.8, 4) is 16.9 Å². The average molecular weight is 507 g/mol. The van der Waals surface area contributed by atoms with E-state index in [4.69, 9.17) is 4.74 Å². The minimum absolute atomic E-state index is 0.0641. The third kappa shape index (κ3) is 6.14. The van der Waals surface area contributed by atoms with Gasteiger partial charge < -0.3 is 15.4 Å². The SMILES string of the molecule is COc1ccc(CC(=O)NCc2ccccc2-c2ccsc2C(=O)NCc2ccc(F)cc2F)cc1. The standard InChI is InChI=1S/C28H24F2N2O3S/c1-35-22-10-6-18(7-11-22)14-26(33)31-16-19-4-2-3-5-23(19)24-12-13-36-27(24)28(34)32-17-20-8-9-21(29)15-25(20)30/h2-13,15H,14,16-17H2,1H3,(H,31,33)(H,32,34). The van der Waals surface area contributed by atoms with Crippen LogP contribution in [0.4, 0.5) is 8.78 Å². The van der Waals surface area contributed by atoms with Gasteiger partial charge in [0.05, 0.1) is 18.4 Å². The molecule has 0 atom stereocenters. The van der Waals surface area contributed by atoms with E-state index in [9.17, 15) is 18.4 Å². The molecule has 0 aliphatic carbocycles. The van der Waals surface area contributed by atoms with Crippen LogP contribution in [0.2, 0.25) is 0 Å². The molecule has 0 saturated carbocycles. The molecule has 184 valence electrons. The summed E-state index contributed by atoms with van der Waals surface area (Å²) in [7, 11) is 1.59. The summed E-state index contributed by atoms with van der Waals surface area (Å²) in [4.78, 5) is 25.9. The van der Waals surface area contributed by atoms with Gasteiger partial charge in [0.15, 0.2) is 0 Å². The normalized spacial score (nSPS) is 10.6. The fraction of sp³-hybridized carbons (Fsp3) is 0.143. The van der Waals surface area contributed by atoms with Crippen LogP contribution in [-0.4, -0.2) is 18.9 Å². The molecule has 2 N–H and O–H groups in total. The fourth-order valence-electron chi connectivity index (χ4n) is 3.74. The number of carbonyl (C=O) groups excluding carboxylic acids is 2. The molecule has 0 radical (unpaired) electrons. The van der Waals surface area contributed by atoms with Crippen molar-refractivity contribution in [3.05, 3.63) is 111 Å². The highest BCUT2D eigenvalue weighted by atomic mass is 32.1. The molecule has 36 heavy (non-hydrogen) atoms. The number of ether oxygens (including phenoxy) is 1. The first kappa shape index (κ1) is 25.1. The summed E-state index contributed by atoms with van der Waals surface area (Å²) in [5.74, 6) is -1.14. The maximum atomic E-state index is 13.9. The van der Waals surface area contributed by atoms with Gasteiger partial charge in [-0.2, -0.15) is 0 Å². The first-order valence-corrected chi connectivity index (χ1v) is 12.1. The molecule has 0 spiro atoms. The van der Waals surface area contributed by atoms with Gasteiger partial charge in [0, 0.05) is 30.3 Å². The van der Waals surface area contributed by atoms with Gasteiger partial charge in [-0.15, -0.1) is 11.3 Å². The van der Waals surface area contributed by atoms with Gasteiger partial charge in [-0.25, -0.2) is 8.78 Å². The van der Waals surface area contributed by atoms with Crippen molar-refractivity contribution in [2.45, 2.75) is 19.5 Å². The van der Waals surface area contributed by atoms with Gasteiger partial charge in [0.2, 0.25) is 5.91 Å². The van der Waals surface area contributed by atoms with Crippen molar-refractivity contribution >= 4 is 23.2 Å². The molecular weight excluding hydrogens is 482 g/mol. The van der Waals surface area contributed by atoms with Gasteiger partial charge in [-0.1, -0.05) is 42.5 Å². The molecule has 0 aliphatic rings. The summed E-state index contributed by atoms with van der Waals surface area (Å²) in [5.41, 5.74) is 3.47.